The number of halogens is 1. The highest BCUT2D eigenvalue weighted by molar-refractivity contribution is 7.13. The van der Waals surface area contributed by atoms with Crippen LogP contribution in [0.5, 0.6) is 0 Å². The second-order valence-electron chi connectivity index (χ2n) is 2.81. The van der Waals surface area contributed by atoms with Crippen molar-refractivity contribution in [3.63, 3.8) is 0 Å². The van der Waals surface area contributed by atoms with Crippen molar-refractivity contribution in [1.82, 2.24) is 0 Å². The summed E-state index contributed by atoms with van der Waals surface area (Å²) >= 11 is 7.37. The fraction of sp³-hybridized carbons (Fsp3) is 0.300. The molecule has 1 aromatic rings. The molecule has 1 rings (SSSR count). The molecule has 70 valence electrons. The maximum atomic E-state index is 11.5. The van der Waals surface area contributed by atoms with Crippen LogP contribution in [0.3, 0.4) is 0 Å². The third kappa shape index (κ3) is 2.42. The molecule has 0 saturated carbocycles. The zero-order valence-corrected chi connectivity index (χ0v) is 9.04. The summed E-state index contributed by atoms with van der Waals surface area (Å²) in [4.78, 5) is 12.2. The molecule has 0 amide bonds. The van der Waals surface area contributed by atoms with Gasteiger partial charge in [-0.3, -0.25) is 4.79 Å². The Morgan fingerprint density at radius 3 is 2.92 bits per heavy atom. The van der Waals surface area contributed by atoms with Gasteiger partial charge in [-0.1, -0.05) is 17.7 Å². The lowest BCUT2D eigenvalue weighted by atomic mass is 10.2. The summed E-state index contributed by atoms with van der Waals surface area (Å²) in [6.45, 7) is 5.48. The van der Waals surface area contributed by atoms with Crippen LogP contribution in [0.25, 0.3) is 0 Å². The zero-order valence-electron chi connectivity index (χ0n) is 7.47. The Hall–Kier alpha value is -0.600. The number of thiophene rings is 1. The zero-order chi connectivity index (χ0) is 9.84. The lowest BCUT2D eigenvalue weighted by Crippen LogP contribution is -1.95. The number of carbonyl (C=O) groups is 1. The van der Waals surface area contributed by atoms with E-state index < -0.39 is 0 Å². The number of Topliss-reactive ketones (excluding diaryl/α,β-unsaturated/α-hetero) is 1. The van der Waals surface area contributed by atoms with Gasteiger partial charge < -0.3 is 0 Å². The highest BCUT2D eigenvalue weighted by Gasteiger charge is 2.13. The quantitative estimate of drug-likeness (QED) is 0.550. The van der Waals surface area contributed by atoms with Crippen LogP contribution in [0.15, 0.2) is 18.0 Å². The van der Waals surface area contributed by atoms with Gasteiger partial charge in [0.05, 0.1) is 9.90 Å². The fourth-order valence-electron chi connectivity index (χ4n) is 0.965. The summed E-state index contributed by atoms with van der Waals surface area (Å²) in [7, 11) is 0. The van der Waals surface area contributed by atoms with Gasteiger partial charge in [0.15, 0.2) is 5.78 Å². The van der Waals surface area contributed by atoms with E-state index >= 15 is 0 Å². The van der Waals surface area contributed by atoms with Gasteiger partial charge >= 0.3 is 0 Å². The van der Waals surface area contributed by atoms with Crippen LogP contribution in [-0.2, 0) is 0 Å². The van der Waals surface area contributed by atoms with E-state index in [1.165, 1.54) is 11.3 Å². The van der Waals surface area contributed by atoms with Gasteiger partial charge in [0.2, 0.25) is 0 Å². The minimum Gasteiger partial charge on any atom is -0.293 e. The van der Waals surface area contributed by atoms with Crippen molar-refractivity contribution in [2.75, 3.05) is 0 Å². The first kappa shape index (κ1) is 10.5. The van der Waals surface area contributed by atoms with Gasteiger partial charge in [0.1, 0.15) is 0 Å². The van der Waals surface area contributed by atoms with Gasteiger partial charge in [-0.15, -0.1) is 17.9 Å². The fourth-order valence-corrected chi connectivity index (χ4v) is 2.23. The minimum atomic E-state index is 0.114. The van der Waals surface area contributed by atoms with Crippen LogP contribution in [-0.4, -0.2) is 5.78 Å². The first-order valence-electron chi connectivity index (χ1n) is 4.04. The van der Waals surface area contributed by atoms with Crippen LogP contribution < -0.4 is 0 Å². The van der Waals surface area contributed by atoms with Crippen molar-refractivity contribution in [3.05, 3.63) is 33.5 Å². The van der Waals surface area contributed by atoms with Crippen molar-refractivity contribution in [2.24, 2.45) is 0 Å². The van der Waals surface area contributed by atoms with Crippen LogP contribution >= 0.6 is 22.9 Å². The normalized spacial score (nSPS) is 10.0. The van der Waals surface area contributed by atoms with Crippen LogP contribution in [0.1, 0.15) is 28.1 Å². The third-order valence-corrected chi connectivity index (χ3v) is 3.47. The van der Waals surface area contributed by atoms with Gasteiger partial charge in [0.25, 0.3) is 0 Å². The van der Waals surface area contributed by atoms with Crippen molar-refractivity contribution in [2.45, 2.75) is 19.8 Å². The van der Waals surface area contributed by atoms with E-state index in [0.29, 0.717) is 22.7 Å². The largest absolute Gasteiger partial charge is 0.293 e. The van der Waals surface area contributed by atoms with Crippen LogP contribution in [0, 0.1) is 6.92 Å². The summed E-state index contributed by atoms with van der Waals surface area (Å²) < 4.78 is 0. The number of ketones is 1. The molecule has 0 atom stereocenters. The molecule has 1 heterocycles. The second-order valence-corrected chi connectivity index (χ2v) is 4.07. The molecule has 1 nitrogen and oxygen atoms in total. The molecular formula is C10H11ClOS. The molecule has 1 aromatic heterocycles. The molecule has 0 aliphatic carbocycles. The molecule has 0 unspecified atom stereocenters. The average Bonchev–Trinajstić information content (AvgIpc) is 2.44. The molecule has 0 radical (unpaired) electrons. The number of carbonyl (C=O) groups excluding carboxylic acids is 1. The standard InChI is InChI=1S/C10H11ClOS/c1-3-4-5-8(12)10-9(11)7(2)6-13-10/h3,6H,1,4-5H2,2H3. The summed E-state index contributed by atoms with van der Waals surface area (Å²) in [5.74, 6) is 0.114. The maximum Gasteiger partial charge on any atom is 0.174 e. The van der Waals surface area contributed by atoms with E-state index in [-0.39, 0.29) is 5.78 Å². The smallest absolute Gasteiger partial charge is 0.174 e. The predicted molar refractivity (Wildman–Crippen MR) is 57.8 cm³/mol. The second kappa shape index (κ2) is 4.58. The molecule has 13 heavy (non-hydrogen) atoms. The van der Waals surface area contributed by atoms with Crippen LogP contribution in [0.4, 0.5) is 0 Å². The van der Waals surface area contributed by atoms with Crippen molar-refractivity contribution in [3.8, 4) is 0 Å². The Morgan fingerprint density at radius 2 is 2.46 bits per heavy atom. The molecule has 3 heteroatoms. The monoisotopic (exact) mass is 214 g/mol. The van der Waals surface area contributed by atoms with E-state index in [0.717, 1.165) is 5.56 Å². The Morgan fingerprint density at radius 1 is 1.77 bits per heavy atom. The lowest BCUT2D eigenvalue weighted by Gasteiger charge is -1.95. The Labute approximate surface area is 87.0 Å². The van der Waals surface area contributed by atoms with Crippen molar-refractivity contribution in [1.29, 1.82) is 0 Å². The molecule has 0 aliphatic rings. The summed E-state index contributed by atoms with van der Waals surface area (Å²) in [6, 6.07) is 0. The maximum absolute atomic E-state index is 11.5. The summed E-state index contributed by atoms with van der Waals surface area (Å²) in [5.41, 5.74) is 0.980. The molecule has 0 saturated heterocycles. The van der Waals surface area contributed by atoms with Crippen LogP contribution in [0.2, 0.25) is 5.02 Å². The number of rotatable bonds is 4. The molecule has 0 aliphatic heterocycles. The highest BCUT2D eigenvalue weighted by Crippen LogP contribution is 2.28. The highest BCUT2D eigenvalue weighted by atomic mass is 35.5. The van der Waals surface area contributed by atoms with E-state index in [9.17, 15) is 4.79 Å². The van der Waals surface area contributed by atoms with Gasteiger partial charge in [-0.05, 0) is 24.3 Å². The van der Waals surface area contributed by atoms with E-state index in [1.807, 2.05) is 12.3 Å². The predicted octanol–water partition coefficient (Wildman–Crippen LogP) is 3.86. The topological polar surface area (TPSA) is 17.1 Å². The van der Waals surface area contributed by atoms with E-state index in [1.54, 1.807) is 6.08 Å². The Balaban J connectivity index is 2.77. The number of aryl methyl sites for hydroxylation is 1. The molecule has 0 N–H and O–H groups in total. The van der Waals surface area contributed by atoms with Gasteiger partial charge in [0, 0.05) is 6.42 Å². The first-order valence-corrected chi connectivity index (χ1v) is 5.30. The molecule has 0 aromatic carbocycles. The average molecular weight is 215 g/mol. The number of hydrogen-bond donors (Lipinski definition) is 0. The van der Waals surface area contributed by atoms with Gasteiger partial charge in [-0.25, -0.2) is 0 Å². The molecule has 0 fully saturated rings. The third-order valence-electron chi connectivity index (χ3n) is 1.73. The van der Waals surface area contributed by atoms with Crippen molar-refractivity contribution < 1.29 is 4.79 Å². The SMILES string of the molecule is C=CCCC(=O)c1scc(C)c1Cl. The molecular weight excluding hydrogens is 204 g/mol. The molecule has 0 spiro atoms. The summed E-state index contributed by atoms with van der Waals surface area (Å²) in [5, 5.41) is 2.52. The number of allylic oxidation sites excluding steroid dienone is 1. The first-order chi connectivity index (χ1) is 6.16. The van der Waals surface area contributed by atoms with E-state index in [2.05, 4.69) is 6.58 Å². The Bertz CT molecular complexity index is 328. The summed E-state index contributed by atoms with van der Waals surface area (Å²) in [6.07, 6.45) is 2.96. The Kier molecular flexibility index (Phi) is 3.70. The van der Waals surface area contributed by atoms with E-state index in [4.69, 9.17) is 11.6 Å². The number of hydrogen-bond acceptors (Lipinski definition) is 2. The van der Waals surface area contributed by atoms with Crippen molar-refractivity contribution >= 4 is 28.7 Å². The van der Waals surface area contributed by atoms with Gasteiger partial charge in [-0.2, -0.15) is 0 Å². The lowest BCUT2D eigenvalue weighted by molar-refractivity contribution is 0.0987. The minimum absolute atomic E-state index is 0.114. The molecule has 0 bridgehead atoms.